The molecule has 1 fully saturated rings. The summed E-state index contributed by atoms with van der Waals surface area (Å²) in [5.41, 5.74) is 3.14. The zero-order valence-corrected chi connectivity index (χ0v) is 12.1. The second-order valence-electron chi connectivity index (χ2n) is 6.18. The largest absolute Gasteiger partial charge is 0.304 e. The van der Waals surface area contributed by atoms with Crippen LogP contribution < -0.4 is 5.32 Å². The van der Waals surface area contributed by atoms with Gasteiger partial charge < -0.3 is 5.32 Å². The van der Waals surface area contributed by atoms with Crippen LogP contribution in [0.5, 0.6) is 0 Å². The average Bonchev–Trinajstić information content (AvgIpc) is 3.23. The van der Waals surface area contributed by atoms with E-state index in [4.69, 9.17) is 0 Å². The predicted octanol–water partition coefficient (Wildman–Crippen LogP) is 3.52. The molecule has 1 unspecified atom stereocenters. The maximum atomic E-state index is 14.2. The van der Waals surface area contributed by atoms with Crippen LogP contribution in [0.25, 0.3) is 0 Å². The van der Waals surface area contributed by atoms with E-state index in [9.17, 15) is 4.39 Å². The van der Waals surface area contributed by atoms with Gasteiger partial charge in [-0.2, -0.15) is 5.10 Å². The van der Waals surface area contributed by atoms with E-state index in [1.807, 2.05) is 16.9 Å². The summed E-state index contributed by atoms with van der Waals surface area (Å²) in [5.74, 6) is 0.533. The number of hydrogen-bond acceptors (Lipinski definition) is 2. The lowest BCUT2D eigenvalue weighted by molar-refractivity contribution is 0.372. The van der Waals surface area contributed by atoms with Gasteiger partial charge in [0.15, 0.2) is 0 Å². The molecule has 2 heterocycles. The molecule has 0 radical (unpaired) electrons. The minimum Gasteiger partial charge on any atom is -0.304 e. The molecule has 2 aromatic rings. The third-order valence-electron chi connectivity index (χ3n) is 4.63. The van der Waals surface area contributed by atoms with Crippen molar-refractivity contribution >= 4 is 0 Å². The normalized spacial score (nSPS) is 21.3. The first-order chi connectivity index (χ1) is 10.3. The molecule has 1 atom stereocenters. The number of rotatable bonds is 4. The summed E-state index contributed by atoms with van der Waals surface area (Å²) in [6.45, 7) is 1.57. The second-order valence-corrected chi connectivity index (χ2v) is 6.18. The molecule has 1 aromatic heterocycles. The smallest absolute Gasteiger partial charge is 0.127 e. The topological polar surface area (TPSA) is 29.9 Å². The number of aryl methyl sites for hydroxylation is 1. The minimum absolute atomic E-state index is 0.0729. The maximum Gasteiger partial charge on any atom is 0.127 e. The molecule has 0 amide bonds. The van der Waals surface area contributed by atoms with Crippen molar-refractivity contribution in [3.63, 3.8) is 0 Å². The summed E-state index contributed by atoms with van der Waals surface area (Å²) in [5, 5.41) is 7.80. The molecule has 4 rings (SSSR count). The number of hydrogen-bond donors (Lipinski definition) is 1. The molecule has 1 aromatic carbocycles. The van der Waals surface area contributed by atoms with Gasteiger partial charge in [0.25, 0.3) is 0 Å². The Bertz CT molecular complexity index is 645. The number of fused-ring (bicyclic) bond motifs is 1. The van der Waals surface area contributed by atoms with Gasteiger partial charge in [0, 0.05) is 30.9 Å². The highest BCUT2D eigenvalue weighted by atomic mass is 19.1. The molecule has 2 aliphatic rings. The highest BCUT2D eigenvalue weighted by Gasteiger charge is 2.24. The molecule has 0 bridgehead atoms. The Morgan fingerprint density at radius 1 is 1.24 bits per heavy atom. The third kappa shape index (κ3) is 2.60. The van der Waals surface area contributed by atoms with E-state index in [2.05, 4.69) is 22.5 Å². The van der Waals surface area contributed by atoms with Crippen molar-refractivity contribution in [3.8, 4) is 0 Å². The summed E-state index contributed by atoms with van der Waals surface area (Å²) in [6, 6.07) is 8.09. The fourth-order valence-electron chi connectivity index (χ4n) is 3.24. The summed E-state index contributed by atoms with van der Waals surface area (Å²) in [4.78, 5) is 0. The van der Waals surface area contributed by atoms with Crippen LogP contribution in [0.15, 0.2) is 30.5 Å². The number of benzene rings is 1. The zero-order chi connectivity index (χ0) is 14.2. The van der Waals surface area contributed by atoms with Crippen LogP contribution in [-0.4, -0.2) is 9.78 Å². The monoisotopic (exact) mass is 285 g/mol. The first-order valence-electron chi connectivity index (χ1n) is 7.84. The number of nitrogens with zero attached hydrogens (tertiary/aromatic N) is 2. The lowest BCUT2D eigenvalue weighted by Gasteiger charge is -2.24. The lowest BCUT2D eigenvalue weighted by Crippen LogP contribution is -2.27. The average molecular weight is 285 g/mol. The fourth-order valence-corrected chi connectivity index (χ4v) is 3.24. The summed E-state index contributed by atoms with van der Waals surface area (Å²) in [6.07, 6.45) is 6.48. The van der Waals surface area contributed by atoms with E-state index in [0.29, 0.717) is 12.5 Å². The van der Waals surface area contributed by atoms with Crippen LogP contribution in [0.2, 0.25) is 0 Å². The van der Waals surface area contributed by atoms with Gasteiger partial charge in [-0.05, 0) is 49.3 Å². The SMILES string of the molecule is Fc1cc(C2CC2)ccc1CNC1CCCn2nccc21. The highest BCUT2D eigenvalue weighted by molar-refractivity contribution is 5.29. The van der Waals surface area contributed by atoms with Crippen LogP contribution >= 0.6 is 0 Å². The molecule has 1 aliphatic carbocycles. The Kier molecular flexibility index (Phi) is 3.26. The van der Waals surface area contributed by atoms with E-state index in [1.54, 1.807) is 6.07 Å². The Labute approximate surface area is 124 Å². The van der Waals surface area contributed by atoms with Gasteiger partial charge in [-0.3, -0.25) is 4.68 Å². The van der Waals surface area contributed by atoms with Gasteiger partial charge in [-0.1, -0.05) is 12.1 Å². The molecule has 1 N–H and O–H groups in total. The van der Waals surface area contributed by atoms with Gasteiger partial charge in [0.2, 0.25) is 0 Å². The summed E-state index contributed by atoms with van der Waals surface area (Å²) < 4.78 is 16.2. The molecule has 1 saturated carbocycles. The van der Waals surface area contributed by atoms with Crippen LogP contribution in [0, 0.1) is 5.82 Å². The van der Waals surface area contributed by atoms with Crippen molar-refractivity contribution < 1.29 is 4.39 Å². The van der Waals surface area contributed by atoms with Crippen molar-refractivity contribution in [2.75, 3.05) is 0 Å². The van der Waals surface area contributed by atoms with E-state index in [1.165, 1.54) is 18.5 Å². The van der Waals surface area contributed by atoms with Gasteiger partial charge in [0.05, 0.1) is 5.69 Å². The number of aromatic nitrogens is 2. The predicted molar refractivity (Wildman–Crippen MR) is 79.4 cm³/mol. The van der Waals surface area contributed by atoms with Crippen molar-refractivity contribution in [2.24, 2.45) is 0 Å². The zero-order valence-electron chi connectivity index (χ0n) is 12.1. The molecular weight excluding hydrogens is 265 g/mol. The van der Waals surface area contributed by atoms with Crippen LogP contribution in [0.4, 0.5) is 4.39 Å². The first kappa shape index (κ1) is 13.0. The van der Waals surface area contributed by atoms with Gasteiger partial charge in [-0.25, -0.2) is 4.39 Å². The third-order valence-corrected chi connectivity index (χ3v) is 4.63. The molecule has 4 heteroatoms. The quantitative estimate of drug-likeness (QED) is 0.931. The van der Waals surface area contributed by atoms with Crippen LogP contribution in [0.1, 0.15) is 54.5 Å². The lowest BCUT2D eigenvalue weighted by atomic mass is 10.0. The maximum absolute atomic E-state index is 14.2. The van der Waals surface area contributed by atoms with Crippen molar-refractivity contribution in [1.29, 1.82) is 0 Å². The Morgan fingerprint density at radius 3 is 2.95 bits per heavy atom. The Hall–Kier alpha value is -1.68. The summed E-state index contributed by atoms with van der Waals surface area (Å²) >= 11 is 0. The van der Waals surface area contributed by atoms with Crippen molar-refractivity contribution in [2.45, 2.75) is 50.7 Å². The van der Waals surface area contributed by atoms with Crippen molar-refractivity contribution in [1.82, 2.24) is 15.1 Å². The number of nitrogens with one attached hydrogen (secondary N) is 1. The molecular formula is C17H20FN3. The fraction of sp³-hybridized carbons (Fsp3) is 0.471. The Morgan fingerprint density at radius 2 is 2.14 bits per heavy atom. The van der Waals surface area contributed by atoms with Crippen LogP contribution in [0.3, 0.4) is 0 Å². The van der Waals surface area contributed by atoms with Gasteiger partial charge >= 0.3 is 0 Å². The molecule has 21 heavy (non-hydrogen) atoms. The van der Waals surface area contributed by atoms with E-state index in [-0.39, 0.29) is 11.9 Å². The van der Waals surface area contributed by atoms with Crippen LogP contribution in [-0.2, 0) is 13.1 Å². The molecule has 1 aliphatic heterocycles. The standard InChI is InChI=1S/C17H20FN3/c18-15-10-13(12-3-4-12)5-6-14(15)11-19-16-2-1-9-21-17(16)7-8-20-21/h5-8,10,12,16,19H,1-4,9,11H2. The summed E-state index contributed by atoms with van der Waals surface area (Å²) in [7, 11) is 0. The minimum atomic E-state index is -0.0729. The number of halogens is 1. The molecule has 0 spiro atoms. The van der Waals surface area contributed by atoms with E-state index >= 15 is 0 Å². The highest BCUT2D eigenvalue weighted by Crippen LogP contribution is 2.40. The first-order valence-corrected chi connectivity index (χ1v) is 7.84. The Balaban J connectivity index is 1.45. The van der Waals surface area contributed by atoms with E-state index in [0.717, 1.165) is 30.5 Å². The molecule has 3 nitrogen and oxygen atoms in total. The second kappa shape index (κ2) is 5.26. The molecule has 110 valence electrons. The molecule has 0 saturated heterocycles. The van der Waals surface area contributed by atoms with E-state index < -0.39 is 0 Å². The van der Waals surface area contributed by atoms with Gasteiger partial charge in [0.1, 0.15) is 5.82 Å². The van der Waals surface area contributed by atoms with Gasteiger partial charge in [-0.15, -0.1) is 0 Å². The van der Waals surface area contributed by atoms with Crippen molar-refractivity contribution in [3.05, 3.63) is 53.1 Å².